The zero-order valence-corrected chi connectivity index (χ0v) is 23.3. The van der Waals surface area contributed by atoms with Crippen LogP contribution in [0.4, 0.5) is 11.4 Å². The minimum absolute atomic E-state index is 0.101. The predicted molar refractivity (Wildman–Crippen MR) is 146 cm³/mol. The standard InChI is InChI=1S/C28H36N2O13/c1-11-5-3-7-13(29)17(11)25(37)39-9-15-19(31)21(33)23(35)27(41-15)43-28-24(36)22(34)20(32)16(42-28)10-40-26(38)18-12(2)6-4-8-14(18)30/h3-8,15-16,19-24,27-28,31-36H,9-10,29-30H2,1-2H3/t15-,16-,19-,20-,21+,22+,23-,24-,27-,28?/m1/s1. The van der Waals surface area contributed by atoms with Crippen molar-refractivity contribution in [2.24, 2.45) is 0 Å². The highest BCUT2D eigenvalue weighted by Crippen LogP contribution is 2.29. The molecule has 0 spiro atoms. The summed E-state index contributed by atoms with van der Waals surface area (Å²) in [6.07, 6.45) is -17.3. The number of nitrogens with two attached hydrogens (primary N) is 2. The normalized spacial score (nSPS) is 32.7. The predicted octanol–water partition coefficient (Wildman–Crippen LogP) is -1.89. The van der Waals surface area contributed by atoms with E-state index in [1.54, 1.807) is 38.1 Å². The molecule has 4 rings (SSSR count). The average molecular weight is 609 g/mol. The minimum Gasteiger partial charge on any atom is -0.459 e. The van der Waals surface area contributed by atoms with Gasteiger partial charge < -0.3 is 65.8 Å². The third-order valence-corrected chi connectivity index (χ3v) is 7.38. The Morgan fingerprint density at radius 3 is 1.37 bits per heavy atom. The van der Waals surface area contributed by atoms with Crippen LogP contribution in [0.2, 0.25) is 0 Å². The first-order chi connectivity index (χ1) is 20.3. The molecule has 43 heavy (non-hydrogen) atoms. The van der Waals surface area contributed by atoms with Crippen molar-refractivity contribution in [1.82, 2.24) is 0 Å². The largest absolute Gasteiger partial charge is 0.459 e. The molecule has 0 aromatic heterocycles. The molecule has 2 aromatic carbocycles. The van der Waals surface area contributed by atoms with Crippen molar-refractivity contribution in [3.8, 4) is 0 Å². The first kappa shape index (κ1) is 32.5. The molecule has 0 aliphatic carbocycles. The fourth-order valence-electron chi connectivity index (χ4n) is 4.86. The fourth-order valence-corrected chi connectivity index (χ4v) is 4.86. The smallest absolute Gasteiger partial charge is 0.340 e. The van der Waals surface area contributed by atoms with Crippen LogP contribution in [0.25, 0.3) is 0 Å². The van der Waals surface area contributed by atoms with Crippen LogP contribution in [-0.2, 0) is 23.7 Å². The first-order valence-electron chi connectivity index (χ1n) is 13.4. The number of benzene rings is 2. The molecule has 15 heteroatoms. The quantitative estimate of drug-likeness (QED) is 0.120. The summed E-state index contributed by atoms with van der Waals surface area (Å²) in [5, 5.41) is 62.7. The van der Waals surface area contributed by atoms with Crippen LogP contribution in [0.3, 0.4) is 0 Å². The number of carbonyl (C=O) groups excluding carboxylic acids is 2. The molecule has 2 heterocycles. The molecule has 15 nitrogen and oxygen atoms in total. The van der Waals surface area contributed by atoms with Crippen LogP contribution < -0.4 is 11.5 Å². The van der Waals surface area contributed by atoms with E-state index in [1.165, 1.54) is 12.1 Å². The minimum atomic E-state index is -1.88. The summed E-state index contributed by atoms with van der Waals surface area (Å²) < 4.78 is 27.0. The lowest BCUT2D eigenvalue weighted by Crippen LogP contribution is -2.64. The number of aryl methyl sites for hydroxylation is 2. The molecule has 0 radical (unpaired) electrons. The van der Waals surface area contributed by atoms with E-state index in [4.69, 9.17) is 35.2 Å². The van der Waals surface area contributed by atoms with Crippen LogP contribution in [0.5, 0.6) is 0 Å². The van der Waals surface area contributed by atoms with Crippen molar-refractivity contribution in [2.45, 2.75) is 75.3 Å². The Bertz CT molecular complexity index is 1170. The number of hydrogen-bond donors (Lipinski definition) is 8. The van der Waals surface area contributed by atoms with Gasteiger partial charge in [-0.25, -0.2) is 9.59 Å². The van der Waals surface area contributed by atoms with Crippen molar-refractivity contribution < 1.29 is 63.9 Å². The van der Waals surface area contributed by atoms with Gasteiger partial charge >= 0.3 is 11.9 Å². The first-order valence-corrected chi connectivity index (χ1v) is 13.4. The molecule has 2 saturated heterocycles. The number of rotatable bonds is 8. The van der Waals surface area contributed by atoms with Gasteiger partial charge in [0.25, 0.3) is 0 Å². The maximum absolute atomic E-state index is 12.6. The molecule has 2 aliphatic heterocycles. The van der Waals surface area contributed by atoms with Gasteiger partial charge in [-0.3, -0.25) is 0 Å². The molecule has 2 aromatic rings. The molecule has 2 fully saturated rings. The summed E-state index contributed by atoms with van der Waals surface area (Å²) in [6, 6.07) is 9.62. The molecule has 0 saturated carbocycles. The molecule has 10 N–H and O–H groups in total. The topological polar surface area (TPSA) is 254 Å². The third kappa shape index (κ3) is 6.90. The van der Waals surface area contributed by atoms with Crippen molar-refractivity contribution in [3.05, 3.63) is 58.7 Å². The second-order valence-corrected chi connectivity index (χ2v) is 10.4. The number of ether oxygens (including phenoxy) is 5. The van der Waals surface area contributed by atoms with Gasteiger partial charge in [0, 0.05) is 11.4 Å². The second kappa shape index (κ2) is 13.5. The third-order valence-electron chi connectivity index (χ3n) is 7.38. The molecular weight excluding hydrogens is 572 g/mol. The Balaban J connectivity index is 1.41. The van der Waals surface area contributed by atoms with E-state index in [0.717, 1.165) is 0 Å². The maximum atomic E-state index is 12.6. The lowest BCUT2D eigenvalue weighted by atomic mass is 9.98. The molecular formula is C28H36N2O13. The van der Waals surface area contributed by atoms with Gasteiger partial charge in [0.15, 0.2) is 12.6 Å². The monoisotopic (exact) mass is 608 g/mol. The Morgan fingerprint density at radius 1 is 0.651 bits per heavy atom. The van der Waals surface area contributed by atoms with Gasteiger partial charge in [-0.2, -0.15) is 0 Å². The Kier molecular flexibility index (Phi) is 10.2. The number of aliphatic hydroxyl groups excluding tert-OH is 6. The highest BCUT2D eigenvalue weighted by molar-refractivity contribution is 5.97. The van der Waals surface area contributed by atoms with Gasteiger partial charge in [-0.1, -0.05) is 24.3 Å². The molecule has 10 atom stereocenters. The van der Waals surface area contributed by atoms with Gasteiger partial charge in [-0.05, 0) is 37.1 Å². The van der Waals surface area contributed by atoms with Gasteiger partial charge in [0.05, 0.1) is 11.1 Å². The summed E-state index contributed by atoms with van der Waals surface area (Å²) in [6.45, 7) is 2.12. The van der Waals surface area contributed by atoms with E-state index in [9.17, 15) is 40.2 Å². The number of esters is 2. The summed E-state index contributed by atoms with van der Waals surface area (Å²) in [4.78, 5) is 25.3. The second-order valence-electron chi connectivity index (χ2n) is 10.4. The SMILES string of the molecule is Cc1cccc(N)c1C(=O)OC[C@H]1O[C@H](OC2O[C@H](COC(=O)c3c(C)cccc3N)[C@@H](O)[C@H](O)[C@H]2O)[C@H](O)[C@@H](O)[C@@H]1O. The van der Waals surface area contributed by atoms with E-state index in [0.29, 0.717) is 11.1 Å². The molecule has 1 unspecified atom stereocenters. The zero-order chi connectivity index (χ0) is 31.6. The molecule has 0 amide bonds. The van der Waals surface area contributed by atoms with Crippen molar-refractivity contribution >= 4 is 23.3 Å². The number of carbonyl (C=O) groups is 2. The van der Waals surface area contributed by atoms with Crippen LogP contribution in [0, 0.1) is 13.8 Å². The summed E-state index contributed by atoms with van der Waals surface area (Å²) in [5.41, 5.74) is 13.3. The zero-order valence-electron chi connectivity index (χ0n) is 23.3. The lowest BCUT2D eigenvalue weighted by molar-refractivity contribution is -0.376. The molecule has 0 bridgehead atoms. The van der Waals surface area contributed by atoms with E-state index in [1.807, 2.05) is 0 Å². The number of anilines is 2. The van der Waals surface area contributed by atoms with E-state index in [-0.39, 0.29) is 22.5 Å². The van der Waals surface area contributed by atoms with Crippen LogP contribution >= 0.6 is 0 Å². The van der Waals surface area contributed by atoms with Gasteiger partial charge in [0.2, 0.25) is 0 Å². The van der Waals surface area contributed by atoms with Crippen molar-refractivity contribution in [3.63, 3.8) is 0 Å². The highest BCUT2D eigenvalue weighted by Gasteiger charge is 2.50. The molecule has 236 valence electrons. The summed E-state index contributed by atoms with van der Waals surface area (Å²) in [7, 11) is 0. The Labute approximate surface area is 246 Å². The van der Waals surface area contributed by atoms with Crippen LogP contribution in [-0.4, -0.2) is 117 Å². The summed E-state index contributed by atoms with van der Waals surface area (Å²) in [5.74, 6) is -1.64. The maximum Gasteiger partial charge on any atom is 0.340 e. The fraction of sp³-hybridized carbons (Fsp3) is 0.500. The molecule has 2 aliphatic rings. The van der Waals surface area contributed by atoms with E-state index >= 15 is 0 Å². The van der Waals surface area contributed by atoms with Crippen molar-refractivity contribution in [2.75, 3.05) is 24.7 Å². The number of nitrogen functional groups attached to an aromatic ring is 2. The van der Waals surface area contributed by atoms with E-state index < -0.39 is 86.6 Å². The van der Waals surface area contributed by atoms with Gasteiger partial charge in [0.1, 0.15) is 62.0 Å². The lowest BCUT2D eigenvalue weighted by Gasteiger charge is -2.44. The Morgan fingerprint density at radius 2 is 1.02 bits per heavy atom. The van der Waals surface area contributed by atoms with Crippen molar-refractivity contribution in [1.29, 1.82) is 0 Å². The average Bonchev–Trinajstić information content (AvgIpc) is 2.96. The van der Waals surface area contributed by atoms with Gasteiger partial charge in [-0.15, -0.1) is 0 Å². The van der Waals surface area contributed by atoms with Crippen LogP contribution in [0.1, 0.15) is 31.8 Å². The Hall–Kier alpha value is -3.38. The summed E-state index contributed by atoms with van der Waals surface area (Å²) >= 11 is 0. The van der Waals surface area contributed by atoms with Crippen LogP contribution in [0.15, 0.2) is 36.4 Å². The van der Waals surface area contributed by atoms with E-state index in [2.05, 4.69) is 0 Å². The highest BCUT2D eigenvalue weighted by atomic mass is 16.8. The number of aliphatic hydroxyl groups is 6. The number of hydrogen-bond acceptors (Lipinski definition) is 15.